The summed E-state index contributed by atoms with van der Waals surface area (Å²) in [6.45, 7) is 5.81. The van der Waals surface area contributed by atoms with Gasteiger partial charge in [0.05, 0.1) is 6.61 Å². The molecule has 1 aliphatic rings. The summed E-state index contributed by atoms with van der Waals surface area (Å²) >= 11 is 0. The number of carbonyl (C=O) groups is 4. The lowest BCUT2D eigenvalue weighted by Crippen LogP contribution is -2.61. The van der Waals surface area contributed by atoms with Crippen LogP contribution in [0.4, 0.5) is 0 Å². The van der Waals surface area contributed by atoms with Crippen molar-refractivity contribution in [2.45, 2.75) is 289 Å². The summed E-state index contributed by atoms with van der Waals surface area (Å²) in [5.41, 5.74) is 0. The molecule has 0 amide bonds. The minimum Gasteiger partial charge on any atom is -0.479 e. The fraction of sp³-hybridized carbons (Fsp3) is 0.723. The van der Waals surface area contributed by atoms with Crippen molar-refractivity contribution in [3.63, 3.8) is 0 Å². The molecule has 3 N–H and O–H groups in total. The number of allylic oxidation sites excluding steroid dienone is 14. The molecular formula is C65H108O12. The molecule has 440 valence electrons. The number of aliphatic hydroxyl groups excluding tert-OH is 2. The molecule has 0 aromatic heterocycles. The summed E-state index contributed by atoms with van der Waals surface area (Å²) in [4.78, 5) is 51.2. The third-order valence-corrected chi connectivity index (χ3v) is 13.4. The number of carbonyl (C=O) groups excluding carboxylic acids is 3. The standard InChI is InChI=1S/C65H108O12/c1-4-7-10-13-16-19-22-25-27-29-31-34-36-39-42-45-48-51-57(66)73-54-56(75-58(67)52-49-46-43-40-38-35-32-30-28-26-23-20-17-14-11-8-5-2)55-74-65-63(61(70)60(69)62(77-65)64(71)72)76-59(68)53-50-47-44-41-37-33-24-21-18-15-12-9-6-3/h9,12,16-21,25-28,33,37,56,60-63,65,69-70H,4-8,10-11,13-15,22-24,29-32,34-36,38-55H2,1-3H3,(H,71,72)/b12-9-,19-16-,20-17-,21-18-,27-25-,28-26-,37-33-. The van der Waals surface area contributed by atoms with Crippen LogP contribution in [0.3, 0.4) is 0 Å². The lowest BCUT2D eigenvalue weighted by molar-refractivity contribution is -0.301. The average Bonchev–Trinajstić information content (AvgIpc) is 3.42. The predicted octanol–water partition coefficient (Wildman–Crippen LogP) is 15.9. The number of hydrogen-bond donors (Lipinski definition) is 3. The maximum Gasteiger partial charge on any atom is 0.335 e. The van der Waals surface area contributed by atoms with Gasteiger partial charge in [-0.25, -0.2) is 4.79 Å². The minimum atomic E-state index is -1.92. The minimum absolute atomic E-state index is 0.0209. The summed E-state index contributed by atoms with van der Waals surface area (Å²) in [6, 6.07) is 0. The van der Waals surface area contributed by atoms with Crippen molar-refractivity contribution >= 4 is 23.9 Å². The molecule has 1 rings (SSSR count). The number of aliphatic carboxylic acids is 1. The molecular weight excluding hydrogens is 973 g/mol. The second-order valence-corrected chi connectivity index (χ2v) is 20.6. The summed E-state index contributed by atoms with van der Waals surface area (Å²) in [7, 11) is 0. The van der Waals surface area contributed by atoms with E-state index in [4.69, 9.17) is 23.7 Å². The lowest BCUT2D eigenvalue weighted by atomic mass is 9.98. The third-order valence-electron chi connectivity index (χ3n) is 13.4. The molecule has 0 saturated carbocycles. The second kappa shape index (κ2) is 52.6. The van der Waals surface area contributed by atoms with Gasteiger partial charge in [-0.1, -0.05) is 202 Å². The van der Waals surface area contributed by atoms with E-state index in [-0.39, 0.29) is 25.9 Å². The van der Waals surface area contributed by atoms with Gasteiger partial charge in [-0.3, -0.25) is 14.4 Å². The van der Waals surface area contributed by atoms with Crippen molar-refractivity contribution in [1.29, 1.82) is 0 Å². The lowest BCUT2D eigenvalue weighted by Gasteiger charge is -2.40. The number of rotatable bonds is 51. The predicted molar refractivity (Wildman–Crippen MR) is 312 cm³/mol. The smallest absolute Gasteiger partial charge is 0.335 e. The average molecular weight is 1080 g/mol. The maximum absolute atomic E-state index is 13.2. The Hall–Kier alpha value is -4.10. The highest BCUT2D eigenvalue weighted by Gasteiger charge is 2.50. The van der Waals surface area contributed by atoms with Crippen LogP contribution in [-0.4, -0.2) is 89.2 Å². The fourth-order valence-electron chi connectivity index (χ4n) is 8.74. The van der Waals surface area contributed by atoms with E-state index >= 15 is 0 Å². The molecule has 1 fully saturated rings. The first-order chi connectivity index (χ1) is 37.6. The van der Waals surface area contributed by atoms with Crippen LogP contribution in [0.5, 0.6) is 0 Å². The van der Waals surface area contributed by atoms with E-state index in [1.165, 1.54) is 70.6 Å². The summed E-state index contributed by atoms with van der Waals surface area (Å²) in [5, 5.41) is 31.5. The molecule has 1 saturated heterocycles. The molecule has 0 aromatic carbocycles. The van der Waals surface area contributed by atoms with E-state index in [2.05, 4.69) is 106 Å². The van der Waals surface area contributed by atoms with Gasteiger partial charge in [-0.05, 0) is 116 Å². The molecule has 0 aromatic rings. The summed E-state index contributed by atoms with van der Waals surface area (Å²) in [6.07, 6.45) is 55.5. The Morgan fingerprint density at radius 2 is 0.818 bits per heavy atom. The molecule has 0 radical (unpaired) electrons. The van der Waals surface area contributed by atoms with Gasteiger partial charge in [0.15, 0.2) is 24.6 Å². The number of esters is 3. The first-order valence-electron chi connectivity index (χ1n) is 30.6. The SMILES string of the molecule is CC/C=C\C/C=C\C/C=C\CCCCCC(=O)OC1C(OCC(COC(=O)CCCCCCCCC/C=C\C/C=C\CCCCC)OC(=O)CCCCCCCCC/C=C\C/C=C\CCCCC)OC(C(=O)O)C(O)C1O. The molecule has 6 atom stereocenters. The Balaban J connectivity index is 2.71. The van der Waals surface area contributed by atoms with Crippen LogP contribution in [0.25, 0.3) is 0 Å². The Kier molecular flexibility index (Phi) is 48.4. The van der Waals surface area contributed by atoms with E-state index in [9.17, 15) is 34.5 Å². The van der Waals surface area contributed by atoms with Crippen LogP contribution < -0.4 is 0 Å². The Morgan fingerprint density at radius 1 is 0.442 bits per heavy atom. The summed E-state index contributed by atoms with van der Waals surface area (Å²) in [5.74, 6) is -3.18. The van der Waals surface area contributed by atoms with Crippen molar-refractivity contribution in [2.75, 3.05) is 13.2 Å². The molecule has 12 heteroatoms. The van der Waals surface area contributed by atoms with Gasteiger partial charge < -0.3 is 39.0 Å². The van der Waals surface area contributed by atoms with Crippen molar-refractivity contribution in [1.82, 2.24) is 0 Å². The van der Waals surface area contributed by atoms with E-state index < -0.39 is 67.3 Å². The zero-order valence-electron chi connectivity index (χ0n) is 48.4. The van der Waals surface area contributed by atoms with E-state index in [1.807, 2.05) is 0 Å². The van der Waals surface area contributed by atoms with Crippen LogP contribution in [-0.2, 0) is 42.9 Å². The van der Waals surface area contributed by atoms with Gasteiger partial charge in [-0.15, -0.1) is 0 Å². The topological polar surface area (TPSA) is 175 Å². The monoisotopic (exact) mass is 1080 g/mol. The number of aliphatic hydroxyl groups is 2. The molecule has 0 aliphatic carbocycles. The zero-order chi connectivity index (χ0) is 56.1. The Labute approximate surface area is 467 Å². The molecule has 12 nitrogen and oxygen atoms in total. The van der Waals surface area contributed by atoms with Crippen molar-refractivity contribution in [3.05, 3.63) is 85.1 Å². The van der Waals surface area contributed by atoms with Crippen molar-refractivity contribution in [3.8, 4) is 0 Å². The molecule has 0 spiro atoms. The van der Waals surface area contributed by atoms with Crippen LogP contribution in [0.2, 0.25) is 0 Å². The highest BCUT2D eigenvalue weighted by molar-refractivity contribution is 5.74. The molecule has 1 heterocycles. The Bertz CT molecular complexity index is 1660. The van der Waals surface area contributed by atoms with Crippen molar-refractivity contribution in [2.24, 2.45) is 0 Å². The van der Waals surface area contributed by atoms with E-state index in [0.29, 0.717) is 19.3 Å². The van der Waals surface area contributed by atoms with Gasteiger partial charge in [-0.2, -0.15) is 0 Å². The van der Waals surface area contributed by atoms with Gasteiger partial charge in [0.25, 0.3) is 0 Å². The second-order valence-electron chi connectivity index (χ2n) is 20.6. The third kappa shape index (κ3) is 42.5. The normalized spacial score (nSPS) is 18.6. The number of carboxylic acids is 1. The maximum atomic E-state index is 13.2. The van der Waals surface area contributed by atoms with E-state index in [0.717, 1.165) is 122 Å². The van der Waals surface area contributed by atoms with Gasteiger partial charge >= 0.3 is 23.9 Å². The van der Waals surface area contributed by atoms with Gasteiger partial charge in [0, 0.05) is 19.3 Å². The quantitative estimate of drug-likeness (QED) is 0.0228. The van der Waals surface area contributed by atoms with Gasteiger partial charge in [0.1, 0.15) is 18.8 Å². The number of ether oxygens (including phenoxy) is 5. The Morgan fingerprint density at radius 3 is 1.26 bits per heavy atom. The number of carboxylic acid groups (broad SMARTS) is 1. The first kappa shape index (κ1) is 70.9. The molecule has 77 heavy (non-hydrogen) atoms. The van der Waals surface area contributed by atoms with Crippen molar-refractivity contribution < 1.29 is 58.2 Å². The highest BCUT2D eigenvalue weighted by Crippen LogP contribution is 2.26. The van der Waals surface area contributed by atoms with Crippen LogP contribution in [0.15, 0.2) is 85.1 Å². The highest BCUT2D eigenvalue weighted by atomic mass is 16.7. The van der Waals surface area contributed by atoms with Gasteiger partial charge in [0.2, 0.25) is 0 Å². The first-order valence-corrected chi connectivity index (χ1v) is 30.6. The summed E-state index contributed by atoms with van der Waals surface area (Å²) < 4.78 is 28.4. The van der Waals surface area contributed by atoms with E-state index in [1.54, 1.807) is 0 Å². The molecule has 0 bridgehead atoms. The van der Waals surface area contributed by atoms with Crippen LogP contribution in [0, 0.1) is 0 Å². The zero-order valence-corrected chi connectivity index (χ0v) is 48.4. The largest absolute Gasteiger partial charge is 0.479 e. The number of hydrogen-bond acceptors (Lipinski definition) is 11. The number of unbranched alkanes of at least 4 members (excludes halogenated alkanes) is 23. The van der Waals surface area contributed by atoms with Crippen LogP contribution in [0.1, 0.15) is 252 Å². The molecule has 1 aliphatic heterocycles. The fourth-order valence-corrected chi connectivity index (χ4v) is 8.74. The van der Waals surface area contributed by atoms with Crippen LogP contribution >= 0.6 is 0 Å². The molecule has 6 unspecified atom stereocenters.